The SMILES string of the molecule is CCOc1cccc2sc(N(Cc3cccnc3)C(=O)Cn3c(=O)oc4ccccc43)nc12. The lowest BCUT2D eigenvalue weighted by molar-refractivity contribution is -0.119. The van der Waals surface area contributed by atoms with Gasteiger partial charge in [-0.1, -0.05) is 35.6 Å². The lowest BCUT2D eigenvalue weighted by atomic mass is 10.2. The third-order valence-corrected chi connectivity index (χ3v) is 6.18. The van der Waals surface area contributed by atoms with Crippen LogP contribution >= 0.6 is 11.3 Å². The molecular formula is C24H20N4O4S. The average molecular weight is 461 g/mol. The summed E-state index contributed by atoms with van der Waals surface area (Å²) >= 11 is 1.40. The number of oxazole rings is 1. The third-order valence-electron chi connectivity index (χ3n) is 5.13. The Labute approximate surface area is 192 Å². The predicted octanol–water partition coefficient (Wildman–Crippen LogP) is 4.23. The minimum Gasteiger partial charge on any atom is -0.492 e. The molecule has 0 unspecified atom stereocenters. The molecule has 0 aliphatic heterocycles. The number of anilines is 1. The van der Waals surface area contributed by atoms with Crippen molar-refractivity contribution >= 4 is 43.7 Å². The van der Waals surface area contributed by atoms with Gasteiger partial charge in [-0.25, -0.2) is 9.78 Å². The normalized spacial score (nSPS) is 11.2. The highest BCUT2D eigenvalue weighted by atomic mass is 32.1. The molecule has 3 aromatic heterocycles. The van der Waals surface area contributed by atoms with E-state index < -0.39 is 5.76 Å². The van der Waals surface area contributed by atoms with Crippen molar-refractivity contribution in [1.29, 1.82) is 0 Å². The van der Waals surface area contributed by atoms with Crippen molar-refractivity contribution in [2.45, 2.75) is 20.0 Å². The van der Waals surface area contributed by atoms with Crippen molar-refractivity contribution in [1.82, 2.24) is 14.5 Å². The second kappa shape index (κ2) is 8.87. The fourth-order valence-electron chi connectivity index (χ4n) is 3.62. The summed E-state index contributed by atoms with van der Waals surface area (Å²) in [5.41, 5.74) is 2.56. The Morgan fingerprint density at radius 2 is 2.03 bits per heavy atom. The molecule has 0 N–H and O–H groups in total. The largest absolute Gasteiger partial charge is 0.492 e. The molecule has 0 bridgehead atoms. The van der Waals surface area contributed by atoms with Crippen LogP contribution < -0.4 is 15.4 Å². The summed E-state index contributed by atoms with van der Waals surface area (Å²) in [6, 6.07) is 16.5. The Kier molecular flexibility index (Phi) is 5.62. The molecule has 0 radical (unpaired) electrons. The summed E-state index contributed by atoms with van der Waals surface area (Å²) in [6.07, 6.45) is 3.39. The molecule has 0 spiro atoms. The van der Waals surface area contributed by atoms with Crippen LogP contribution in [0.15, 0.2) is 76.2 Å². The van der Waals surface area contributed by atoms with Crippen molar-refractivity contribution in [2.75, 3.05) is 11.5 Å². The number of aromatic nitrogens is 3. The number of thiazole rings is 1. The monoisotopic (exact) mass is 460 g/mol. The molecule has 5 aromatic rings. The molecule has 5 rings (SSSR count). The lowest BCUT2D eigenvalue weighted by Gasteiger charge is -2.20. The molecule has 0 fully saturated rings. The van der Waals surface area contributed by atoms with E-state index in [-0.39, 0.29) is 19.0 Å². The van der Waals surface area contributed by atoms with E-state index in [1.54, 1.807) is 41.6 Å². The summed E-state index contributed by atoms with van der Waals surface area (Å²) in [7, 11) is 0. The van der Waals surface area contributed by atoms with Crippen LogP contribution in [0.25, 0.3) is 21.3 Å². The van der Waals surface area contributed by atoms with Gasteiger partial charge in [-0.15, -0.1) is 0 Å². The zero-order valence-corrected chi connectivity index (χ0v) is 18.6. The van der Waals surface area contributed by atoms with E-state index in [0.717, 1.165) is 10.3 Å². The number of pyridine rings is 1. The molecular weight excluding hydrogens is 440 g/mol. The minimum absolute atomic E-state index is 0.176. The molecule has 166 valence electrons. The van der Waals surface area contributed by atoms with Gasteiger partial charge in [0.15, 0.2) is 10.7 Å². The van der Waals surface area contributed by atoms with Gasteiger partial charge in [0.25, 0.3) is 0 Å². The second-order valence-electron chi connectivity index (χ2n) is 7.30. The molecule has 9 heteroatoms. The molecule has 3 heterocycles. The van der Waals surface area contributed by atoms with Crippen molar-refractivity contribution in [3.8, 4) is 5.75 Å². The van der Waals surface area contributed by atoms with E-state index >= 15 is 0 Å². The lowest BCUT2D eigenvalue weighted by Crippen LogP contribution is -2.35. The first-order valence-electron chi connectivity index (χ1n) is 10.4. The highest BCUT2D eigenvalue weighted by Crippen LogP contribution is 2.35. The highest BCUT2D eigenvalue weighted by Gasteiger charge is 2.23. The summed E-state index contributed by atoms with van der Waals surface area (Å²) in [5.74, 6) is -0.193. The summed E-state index contributed by atoms with van der Waals surface area (Å²) in [4.78, 5) is 36.4. The number of amides is 1. The van der Waals surface area contributed by atoms with Gasteiger partial charge >= 0.3 is 5.76 Å². The number of benzene rings is 2. The average Bonchev–Trinajstić information content (AvgIpc) is 3.40. The van der Waals surface area contributed by atoms with E-state index in [1.807, 2.05) is 37.3 Å². The van der Waals surface area contributed by atoms with Crippen molar-refractivity contribution in [3.05, 3.63) is 83.1 Å². The first kappa shape index (κ1) is 20.9. The molecule has 33 heavy (non-hydrogen) atoms. The van der Waals surface area contributed by atoms with Crippen LogP contribution in [0.5, 0.6) is 5.75 Å². The van der Waals surface area contributed by atoms with Crippen LogP contribution in [0, 0.1) is 0 Å². The number of carbonyl (C=O) groups is 1. The maximum absolute atomic E-state index is 13.5. The van der Waals surface area contributed by atoms with Crippen LogP contribution in [0.3, 0.4) is 0 Å². The van der Waals surface area contributed by atoms with Crippen LogP contribution in [0.1, 0.15) is 12.5 Å². The van der Waals surface area contributed by atoms with Crippen LogP contribution in [-0.4, -0.2) is 27.0 Å². The van der Waals surface area contributed by atoms with Crippen molar-refractivity contribution in [3.63, 3.8) is 0 Å². The molecule has 2 aromatic carbocycles. The fraction of sp³-hybridized carbons (Fsp3) is 0.167. The zero-order chi connectivity index (χ0) is 22.8. The topological polar surface area (TPSA) is 90.5 Å². The third kappa shape index (κ3) is 4.10. The Balaban J connectivity index is 1.55. The second-order valence-corrected chi connectivity index (χ2v) is 8.30. The highest BCUT2D eigenvalue weighted by molar-refractivity contribution is 7.22. The molecule has 0 aliphatic carbocycles. The molecule has 1 amide bonds. The number of carbonyl (C=O) groups excluding carboxylic acids is 1. The Morgan fingerprint density at radius 3 is 2.85 bits per heavy atom. The van der Waals surface area contributed by atoms with E-state index in [1.165, 1.54) is 15.9 Å². The molecule has 0 saturated heterocycles. The number of rotatable bonds is 7. The summed E-state index contributed by atoms with van der Waals surface area (Å²) in [6.45, 7) is 2.52. The van der Waals surface area contributed by atoms with E-state index in [0.29, 0.717) is 34.1 Å². The van der Waals surface area contributed by atoms with Crippen LogP contribution in [0.4, 0.5) is 5.13 Å². The fourth-order valence-corrected chi connectivity index (χ4v) is 4.62. The van der Waals surface area contributed by atoms with E-state index in [2.05, 4.69) is 4.98 Å². The first-order chi connectivity index (χ1) is 16.1. The van der Waals surface area contributed by atoms with Crippen molar-refractivity contribution < 1.29 is 13.9 Å². The molecule has 0 aliphatic rings. The Bertz CT molecular complexity index is 1490. The van der Waals surface area contributed by atoms with E-state index in [9.17, 15) is 9.59 Å². The zero-order valence-electron chi connectivity index (χ0n) is 17.8. The summed E-state index contributed by atoms with van der Waals surface area (Å²) in [5, 5.41) is 0.520. The van der Waals surface area contributed by atoms with Crippen molar-refractivity contribution in [2.24, 2.45) is 0 Å². The number of para-hydroxylation sites is 3. The van der Waals surface area contributed by atoms with Gasteiger partial charge in [-0.2, -0.15) is 0 Å². The van der Waals surface area contributed by atoms with Gasteiger partial charge in [0.2, 0.25) is 5.91 Å². The predicted molar refractivity (Wildman–Crippen MR) is 127 cm³/mol. The van der Waals surface area contributed by atoms with Gasteiger partial charge in [0.05, 0.1) is 23.4 Å². The number of fused-ring (bicyclic) bond motifs is 2. The molecule has 8 nitrogen and oxygen atoms in total. The number of hydrogen-bond donors (Lipinski definition) is 0. The number of hydrogen-bond acceptors (Lipinski definition) is 7. The van der Waals surface area contributed by atoms with Gasteiger partial charge < -0.3 is 9.15 Å². The van der Waals surface area contributed by atoms with Crippen LogP contribution in [-0.2, 0) is 17.9 Å². The van der Waals surface area contributed by atoms with E-state index in [4.69, 9.17) is 14.1 Å². The number of ether oxygens (including phenoxy) is 1. The first-order valence-corrected chi connectivity index (χ1v) is 11.3. The van der Waals surface area contributed by atoms with Gasteiger partial charge in [-0.3, -0.25) is 19.2 Å². The standard InChI is InChI=1S/C24H20N4O4S/c1-2-31-19-10-5-11-20-22(19)26-23(33-20)28(14-16-7-6-12-25-13-16)21(29)15-27-17-8-3-4-9-18(17)32-24(27)30/h3-13H,2,14-15H2,1H3. The molecule has 0 atom stereocenters. The van der Waals surface area contributed by atoms with Crippen LogP contribution in [0.2, 0.25) is 0 Å². The Hall–Kier alpha value is -3.98. The summed E-state index contributed by atoms with van der Waals surface area (Å²) < 4.78 is 13.3. The van der Waals surface area contributed by atoms with Gasteiger partial charge in [-0.05, 0) is 42.8 Å². The Morgan fingerprint density at radius 1 is 1.15 bits per heavy atom. The minimum atomic E-state index is -0.575. The smallest absolute Gasteiger partial charge is 0.420 e. The number of nitrogens with zero attached hydrogens (tertiary/aromatic N) is 4. The van der Waals surface area contributed by atoms with Gasteiger partial charge in [0, 0.05) is 12.4 Å². The van der Waals surface area contributed by atoms with Gasteiger partial charge in [0.1, 0.15) is 17.8 Å². The molecule has 0 saturated carbocycles. The quantitative estimate of drug-likeness (QED) is 0.361. The maximum atomic E-state index is 13.5. The maximum Gasteiger partial charge on any atom is 0.420 e.